The molecule has 0 spiro atoms. The molecule has 12 heteroatoms. The van der Waals surface area contributed by atoms with Crippen molar-refractivity contribution in [1.29, 1.82) is 0 Å². The number of hydrogen-bond donors (Lipinski definition) is 5. The molecule has 0 aliphatic carbocycles. The number of nitrogens with two attached hydrogens (primary N) is 1. The zero-order valence-corrected chi connectivity index (χ0v) is 23.4. The number of nitrogens with zero attached hydrogens (tertiary/aromatic N) is 3. The average molecular weight is 565 g/mol. The van der Waals surface area contributed by atoms with Gasteiger partial charge in [-0.25, -0.2) is 19.2 Å². The molecule has 0 saturated carbocycles. The number of anilines is 3. The van der Waals surface area contributed by atoms with E-state index >= 15 is 0 Å². The number of piperidine rings is 1. The Hall–Kier alpha value is -4.29. The summed E-state index contributed by atoms with van der Waals surface area (Å²) in [4.78, 5) is 36.1. The number of benzene rings is 1. The van der Waals surface area contributed by atoms with Crippen LogP contribution in [0.2, 0.25) is 0 Å². The van der Waals surface area contributed by atoms with Crippen LogP contribution in [0.5, 0.6) is 0 Å². The maximum Gasteiger partial charge on any atom is 0.319 e. The number of pyridine rings is 2. The van der Waals surface area contributed by atoms with Gasteiger partial charge >= 0.3 is 6.03 Å². The molecular weight excluding hydrogens is 527 g/mol. The third-order valence-corrected chi connectivity index (χ3v) is 6.88. The van der Waals surface area contributed by atoms with Gasteiger partial charge in [0.2, 0.25) is 0 Å². The molecule has 2 aromatic heterocycles. The fourth-order valence-electron chi connectivity index (χ4n) is 4.56. The van der Waals surface area contributed by atoms with Crippen LogP contribution in [0, 0.1) is 5.82 Å². The lowest BCUT2D eigenvalue weighted by Crippen LogP contribution is -2.41. The Morgan fingerprint density at radius 3 is 2.61 bits per heavy atom. The highest BCUT2D eigenvalue weighted by Gasteiger charge is 2.19. The molecular formula is C29H37FN8O3. The summed E-state index contributed by atoms with van der Waals surface area (Å²) < 4.78 is 20.3. The molecule has 3 heterocycles. The number of nitrogens with one attached hydrogen (secondary N) is 4. The molecule has 1 aromatic carbocycles. The van der Waals surface area contributed by atoms with Crippen LogP contribution >= 0.6 is 0 Å². The van der Waals surface area contributed by atoms with Crippen LogP contribution in [0.15, 0.2) is 48.7 Å². The molecule has 3 amide bonds. The third kappa shape index (κ3) is 8.35. The molecule has 0 bridgehead atoms. The average Bonchev–Trinajstić information content (AvgIpc) is 2.98. The summed E-state index contributed by atoms with van der Waals surface area (Å²) in [6.45, 7) is 5.87. The predicted octanol–water partition coefficient (Wildman–Crippen LogP) is 3.46. The summed E-state index contributed by atoms with van der Waals surface area (Å²) >= 11 is 0. The van der Waals surface area contributed by atoms with Crippen molar-refractivity contribution in [1.82, 2.24) is 25.5 Å². The van der Waals surface area contributed by atoms with Crippen LogP contribution in [0.25, 0.3) is 11.3 Å². The number of carbonyl (C=O) groups excluding carboxylic acids is 2. The molecule has 3 aromatic rings. The zero-order valence-electron chi connectivity index (χ0n) is 23.4. The van der Waals surface area contributed by atoms with Gasteiger partial charge in [0.25, 0.3) is 5.91 Å². The number of likely N-dealkylation sites (tertiary alicyclic amines) is 1. The van der Waals surface area contributed by atoms with E-state index in [2.05, 4.69) is 36.1 Å². The first kappa shape index (κ1) is 29.7. The van der Waals surface area contributed by atoms with E-state index in [0.29, 0.717) is 47.7 Å². The number of nitrogen functional groups attached to an aromatic ring is 1. The second-order valence-corrected chi connectivity index (χ2v) is 9.75. The minimum Gasteiger partial charge on any atom is -0.384 e. The number of carbonyl (C=O) groups is 2. The van der Waals surface area contributed by atoms with Crippen LogP contribution in [0.3, 0.4) is 0 Å². The van der Waals surface area contributed by atoms with Gasteiger partial charge in [-0.3, -0.25) is 4.79 Å². The van der Waals surface area contributed by atoms with E-state index in [9.17, 15) is 14.0 Å². The third-order valence-electron chi connectivity index (χ3n) is 6.88. The summed E-state index contributed by atoms with van der Waals surface area (Å²) in [5, 5.41) is 11.3. The predicted molar refractivity (Wildman–Crippen MR) is 157 cm³/mol. The fourth-order valence-corrected chi connectivity index (χ4v) is 4.56. The number of hydrogen-bond acceptors (Lipinski definition) is 8. The van der Waals surface area contributed by atoms with Gasteiger partial charge in [-0.2, -0.15) is 0 Å². The summed E-state index contributed by atoms with van der Waals surface area (Å²) in [7, 11) is 1.75. The van der Waals surface area contributed by atoms with Crippen LogP contribution in [0.4, 0.5) is 26.5 Å². The first-order chi connectivity index (χ1) is 19.9. The summed E-state index contributed by atoms with van der Waals surface area (Å²) in [5.74, 6) is -0.0361. The van der Waals surface area contributed by atoms with E-state index < -0.39 is 11.8 Å². The van der Waals surface area contributed by atoms with E-state index in [1.807, 2.05) is 6.92 Å². The van der Waals surface area contributed by atoms with Gasteiger partial charge in [-0.15, -0.1) is 0 Å². The van der Waals surface area contributed by atoms with Crippen LogP contribution < -0.4 is 27.0 Å². The topological polar surface area (TPSA) is 147 Å². The van der Waals surface area contributed by atoms with Crippen LogP contribution in [-0.4, -0.2) is 72.7 Å². The highest BCUT2D eigenvalue weighted by molar-refractivity contribution is 5.99. The Kier molecular flexibility index (Phi) is 10.4. The van der Waals surface area contributed by atoms with Crippen molar-refractivity contribution in [3.8, 4) is 11.3 Å². The summed E-state index contributed by atoms with van der Waals surface area (Å²) in [6.07, 6.45) is 3.86. The van der Waals surface area contributed by atoms with Gasteiger partial charge in [0.1, 0.15) is 17.5 Å². The maximum absolute atomic E-state index is 14.9. The van der Waals surface area contributed by atoms with Crippen molar-refractivity contribution < 1.29 is 18.7 Å². The number of rotatable bonds is 11. The lowest BCUT2D eigenvalue weighted by atomic mass is 10.1. The van der Waals surface area contributed by atoms with Crippen LogP contribution in [0.1, 0.15) is 35.7 Å². The maximum atomic E-state index is 14.9. The van der Waals surface area contributed by atoms with Crippen molar-refractivity contribution in [3.05, 3.63) is 65.6 Å². The van der Waals surface area contributed by atoms with Crippen LogP contribution in [-0.2, 0) is 11.3 Å². The van der Waals surface area contributed by atoms with E-state index in [4.69, 9.17) is 10.5 Å². The molecule has 41 heavy (non-hydrogen) atoms. The number of ether oxygens (including phenoxy) is 1. The summed E-state index contributed by atoms with van der Waals surface area (Å²) in [5.41, 5.74) is 7.76. The number of halogens is 1. The number of methoxy groups -OCH3 is 1. The quantitative estimate of drug-likeness (QED) is 0.238. The highest BCUT2D eigenvalue weighted by Crippen LogP contribution is 2.26. The molecule has 1 fully saturated rings. The second kappa shape index (κ2) is 14.4. The number of amides is 3. The van der Waals surface area contributed by atoms with E-state index in [-0.39, 0.29) is 18.1 Å². The molecule has 4 rings (SSSR count). The molecule has 0 radical (unpaired) electrons. The Morgan fingerprint density at radius 1 is 1.12 bits per heavy atom. The summed E-state index contributed by atoms with van der Waals surface area (Å²) in [6, 6.07) is 10.6. The Labute approximate surface area is 239 Å². The van der Waals surface area contributed by atoms with Crippen molar-refractivity contribution >= 4 is 29.3 Å². The molecule has 6 N–H and O–H groups in total. The molecule has 1 saturated heterocycles. The SMILES string of the molecule is CCNc1nc(-c2ccc(NC(=O)NCc3ccc(N)nc3)c(F)c2)ccc1C(=O)NCCN1CCC(OC)CC1. The Bertz CT molecular complexity index is 1330. The van der Waals surface area contributed by atoms with Gasteiger partial charge < -0.3 is 36.6 Å². The normalized spacial score (nSPS) is 13.9. The smallest absolute Gasteiger partial charge is 0.319 e. The van der Waals surface area contributed by atoms with Gasteiger partial charge in [0.15, 0.2) is 0 Å². The first-order valence-corrected chi connectivity index (χ1v) is 13.7. The van der Waals surface area contributed by atoms with Crippen molar-refractivity contribution in [2.75, 3.05) is 56.2 Å². The van der Waals surface area contributed by atoms with Crippen molar-refractivity contribution in [2.45, 2.75) is 32.4 Å². The van der Waals surface area contributed by atoms with E-state index in [1.165, 1.54) is 12.1 Å². The second-order valence-electron chi connectivity index (χ2n) is 9.75. The van der Waals surface area contributed by atoms with Gasteiger partial charge in [-0.05, 0) is 55.7 Å². The molecule has 11 nitrogen and oxygen atoms in total. The number of urea groups is 1. The zero-order chi connectivity index (χ0) is 29.2. The minimum atomic E-state index is -0.616. The van der Waals surface area contributed by atoms with Crippen molar-refractivity contribution in [3.63, 3.8) is 0 Å². The van der Waals surface area contributed by atoms with Gasteiger partial charge in [0, 0.05) is 58.1 Å². The standard InChI is InChI=1S/C29H37FN8O3/c1-3-32-27-22(28(39)33-12-15-38-13-10-21(41-2)11-14-38)6-8-24(36-27)20-5-7-25(23(30)16-20)37-29(40)35-18-19-4-9-26(31)34-17-19/h4-9,16-17,21H,3,10-15,18H2,1-2H3,(H2,31,34)(H,32,36)(H,33,39)(H2,35,37,40). The molecule has 0 atom stereocenters. The molecule has 0 unspecified atom stereocenters. The number of aromatic nitrogens is 2. The van der Waals surface area contributed by atoms with E-state index in [1.54, 1.807) is 43.6 Å². The molecule has 1 aliphatic rings. The minimum absolute atomic E-state index is 0.0241. The van der Waals surface area contributed by atoms with Gasteiger partial charge in [-0.1, -0.05) is 12.1 Å². The highest BCUT2D eigenvalue weighted by atomic mass is 19.1. The van der Waals surface area contributed by atoms with E-state index in [0.717, 1.165) is 38.0 Å². The molecule has 218 valence electrons. The lowest BCUT2D eigenvalue weighted by molar-refractivity contribution is 0.0413. The fraction of sp³-hybridized carbons (Fsp3) is 0.379. The Morgan fingerprint density at radius 2 is 1.93 bits per heavy atom. The molecule has 1 aliphatic heterocycles. The monoisotopic (exact) mass is 564 g/mol. The van der Waals surface area contributed by atoms with Gasteiger partial charge in [0.05, 0.1) is 23.0 Å². The largest absolute Gasteiger partial charge is 0.384 e. The first-order valence-electron chi connectivity index (χ1n) is 13.7. The van der Waals surface area contributed by atoms with Crippen molar-refractivity contribution in [2.24, 2.45) is 0 Å². The lowest BCUT2D eigenvalue weighted by Gasteiger charge is -2.31. The Balaban J connectivity index is 1.35.